The van der Waals surface area contributed by atoms with Gasteiger partial charge in [-0.25, -0.2) is 8.42 Å². The van der Waals surface area contributed by atoms with Gasteiger partial charge in [0, 0.05) is 43.3 Å². The highest BCUT2D eigenvalue weighted by Gasteiger charge is 2.34. The minimum atomic E-state index is -3.66. The summed E-state index contributed by atoms with van der Waals surface area (Å²) in [6, 6.07) is 12.8. The first-order valence-corrected chi connectivity index (χ1v) is 13.0. The van der Waals surface area contributed by atoms with Crippen LogP contribution in [0.5, 0.6) is 0 Å². The maximum atomic E-state index is 13.3. The summed E-state index contributed by atoms with van der Waals surface area (Å²) in [7, 11) is -3.66. The van der Waals surface area contributed by atoms with Gasteiger partial charge in [-0.15, -0.1) is 0 Å². The second-order valence-electron chi connectivity index (χ2n) is 8.95. The van der Waals surface area contributed by atoms with Crippen molar-refractivity contribution in [2.45, 2.75) is 57.4 Å². The maximum Gasteiger partial charge on any atom is 0.243 e. The van der Waals surface area contributed by atoms with E-state index in [1.165, 1.54) is 11.2 Å². The molecule has 7 nitrogen and oxygen atoms in total. The fraction of sp³-hybridized carbons (Fsp3) is 0.440. The van der Waals surface area contributed by atoms with Crippen molar-refractivity contribution in [3.05, 3.63) is 53.6 Å². The van der Waals surface area contributed by atoms with Gasteiger partial charge in [-0.1, -0.05) is 19.1 Å². The zero-order valence-corrected chi connectivity index (χ0v) is 20.2. The Hall–Kier alpha value is -2.71. The molecular formula is C25H31N3O4S. The Balaban J connectivity index is 1.42. The predicted octanol–water partition coefficient (Wildman–Crippen LogP) is 3.59. The summed E-state index contributed by atoms with van der Waals surface area (Å²) in [6.45, 7) is 6.17. The molecule has 0 spiro atoms. The van der Waals surface area contributed by atoms with E-state index in [4.69, 9.17) is 0 Å². The largest absolute Gasteiger partial charge is 0.326 e. The van der Waals surface area contributed by atoms with Gasteiger partial charge in [0.25, 0.3) is 0 Å². The van der Waals surface area contributed by atoms with E-state index in [0.717, 1.165) is 28.9 Å². The zero-order chi connectivity index (χ0) is 23.8. The second kappa shape index (κ2) is 9.27. The molecule has 1 saturated heterocycles. The number of fused-ring (bicyclic) bond motifs is 1. The lowest BCUT2D eigenvalue weighted by atomic mass is 9.97. The summed E-state index contributed by atoms with van der Waals surface area (Å²) in [6.07, 6.45) is 2.51. The number of amides is 2. The van der Waals surface area contributed by atoms with Crippen LogP contribution in [0.1, 0.15) is 44.7 Å². The van der Waals surface area contributed by atoms with Crippen molar-refractivity contribution in [2.75, 3.05) is 23.3 Å². The lowest BCUT2D eigenvalue weighted by molar-refractivity contribution is -0.121. The molecule has 1 N–H and O–H groups in total. The predicted molar refractivity (Wildman–Crippen MR) is 129 cm³/mol. The fourth-order valence-corrected chi connectivity index (χ4v) is 6.39. The van der Waals surface area contributed by atoms with Gasteiger partial charge in [-0.05, 0) is 74.1 Å². The third kappa shape index (κ3) is 4.68. The van der Waals surface area contributed by atoms with E-state index in [1.807, 2.05) is 31.2 Å². The van der Waals surface area contributed by atoms with E-state index in [1.54, 1.807) is 23.1 Å². The first-order chi connectivity index (χ1) is 15.7. The number of hydrogen-bond acceptors (Lipinski definition) is 4. The van der Waals surface area contributed by atoms with Crippen molar-refractivity contribution in [1.82, 2.24) is 4.31 Å². The van der Waals surface area contributed by atoms with E-state index < -0.39 is 10.0 Å². The van der Waals surface area contributed by atoms with Crippen LogP contribution in [0, 0.1) is 5.92 Å². The quantitative estimate of drug-likeness (QED) is 0.725. The minimum Gasteiger partial charge on any atom is -0.326 e. The number of piperidine rings is 1. The van der Waals surface area contributed by atoms with Crippen molar-refractivity contribution in [3.8, 4) is 0 Å². The number of carbonyl (C=O) groups is 2. The van der Waals surface area contributed by atoms with E-state index in [-0.39, 0.29) is 28.7 Å². The third-order valence-corrected chi connectivity index (χ3v) is 8.57. The molecule has 0 bridgehead atoms. The first kappa shape index (κ1) is 23.4. The number of carbonyl (C=O) groups excluding carboxylic acids is 2. The van der Waals surface area contributed by atoms with Gasteiger partial charge in [-0.3, -0.25) is 9.59 Å². The number of nitrogens with one attached hydrogen (secondary N) is 1. The van der Waals surface area contributed by atoms with Gasteiger partial charge >= 0.3 is 0 Å². The molecule has 8 heteroatoms. The molecule has 1 atom stereocenters. The van der Waals surface area contributed by atoms with Gasteiger partial charge in [0.05, 0.1) is 4.90 Å². The topological polar surface area (TPSA) is 86.8 Å². The summed E-state index contributed by atoms with van der Waals surface area (Å²) >= 11 is 0. The molecule has 0 unspecified atom stereocenters. The molecule has 0 radical (unpaired) electrons. The van der Waals surface area contributed by atoms with Gasteiger partial charge in [0.1, 0.15) is 0 Å². The number of sulfonamides is 1. The summed E-state index contributed by atoms with van der Waals surface area (Å²) in [5.41, 5.74) is 3.60. The Morgan fingerprint density at radius 1 is 1.09 bits per heavy atom. The van der Waals surface area contributed by atoms with Crippen LogP contribution >= 0.6 is 0 Å². The van der Waals surface area contributed by atoms with Crippen LogP contribution in [0.2, 0.25) is 0 Å². The van der Waals surface area contributed by atoms with Gasteiger partial charge in [-0.2, -0.15) is 4.31 Å². The average Bonchev–Trinajstić information content (AvgIpc) is 3.14. The standard InChI is InChI=1S/C25H31N3O4S/c1-4-19-6-5-7-22(15-19)26-25(30)20-10-12-27(13-11-20)33(31,32)23-8-9-24-21(16-23)14-17(2)28(24)18(3)29/h5-9,15-17,20H,4,10-14H2,1-3H3,(H,26,30)/t17-/m0/s1. The number of rotatable bonds is 5. The number of hydrogen-bond donors (Lipinski definition) is 1. The number of nitrogens with zero attached hydrogens (tertiary/aromatic N) is 2. The monoisotopic (exact) mass is 469 g/mol. The van der Waals surface area contributed by atoms with Crippen LogP contribution in [0.4, 0.5) is 11.4 Å². The van der Waals surface area contributed by atoms with E-state index in [0.29, 0.717) is 32.4 Å². The van der Waals surface area contributed by atoms with E-state index in [2.05, 4.69) is 12.2 Å². The summed E-state index contributed by atoms with van der Waals surface area (Å²) < 4.78 is 28.0. The number of benzene rings is 2. The van der Waals surface area contributed by atoms with Gasteiger partial charge in [0.2, 0.25) is 21.8 Å². The average molecular weight is 470 g/mol. The van der Waals surface area contributed by atoms with Crippen molar-refractivity contribution >= 4 is 33.2 Å². The van der Waals surface area contributed by atoms with Crippen LogP contribution < -0.4 is 10.2 Å². The molecule has 2 amide bonds. The molecule has 2 aliphatic rings. The second-order valence-corrected chi connectivity index (χ2v) is 10.9. The third-order valence-electron chi connectivity index (χ3n) is 6.67. The Bertz CT molecular complexity index is 1170. The molecule has 2 heterocycles. The SMILES string of the molecule is CCc1cccc(NC(=O)C2CCN(S(=O)(=O)c3ccc4c(c3)C[C@H](C)N4C(C)=O)CC2)c1. The molecular weight excluding hydrogens is 438 g/mol. The minimum absolute atomic E-state index is 0.0164. The lowest BCUT2D eigenvalue weighted by Crippen LogP contribution is -2.41. The Morgan fingerprint density at radius 3 is 2.48 bits per heavy atom. The van der Waals surface area contributed by atoms with Crippen molar-refractivity contribution in [2.24, 2.45) is 5.92 Å². The molecule has 4 rings (SSSR count). The molecule has 2 aliphatic heterocycles. The molecule has 0 saturated carbocycles. The molecule has 0 aliphatic carbocycles. The zero-order valence-electron chi connectivity index (χ0n) is 19.4. The summed E-state index contributed by atoms with van der Waals surface area (Å²) in [5, 5.41) is 2.98. The van der Waals surface area contributed by atoms with Crippen molar-refractivity contribution < 1.29 is 18.0 Å². The van der Waals surface area contributed by atoms with Gasteiger partial charge < -0.3 is 10.2 Å². The smallest absolute Gasteiger partial charge is 0.243 e. The van der Waals surface area contributed by atoms with Gasteiger partial charge in [0.15, 0.2) is 0 Å². The van der Waals surface area contributed by atoms with Crippen LogP contribution in [0.25, 0.3) is 0 Å². The van der Waals surface area contributed by atoms with Crippen LogP contribution in [-0.2, 0) is 32.5 Å². The lowest BCUT2D eigenvalue weighted by Gasteiger charge is -2.30. The summed E-state index contributed by atoms with van der Waals surface area (Å²) in [5.74, 6) is -0.318. The molecule has 176 valence electrons. The molecule has 1 fully saturated rings. The highest BCUT2D eigenvalue weighted by atomic mass is 32.2. The van der Waals surface area contributed by atoms with E-state index >= 15 is 0 Å². The highest BCUT2D eigenvalue weighted by molar-refractivity contribution is 7.89. The highest BCUT2D eigenvalue weighted by Crippen LogP contribution is 2.35. The Kier molecular flexibility index (Phi) is 6.59. The number of anilines is 2. The molecule has 2 aromatic carbocycles. The Labute approximate surface area is 195 Å². The van der Waals surface area contributed by atoms with Crippen LogP contribution in [0.3, 0.4) is 0 Å². The van der Waals surface area contributed by atoms with Crippen molar-refractivity contribution in [3.63, 3.8) is 0 Å². The first-order valence-electron chi connectivity index (χ1n) is 11.5. The summed E-state index contributed by atoms with van der Waals surface area (Å²) in [4.78, 5) is 26.6. The maximum absolute atomic E-state index is 13.3. The Morgan fingerprint density at radius 2 is 1.82 bits per heavy atom. The number of aryl methyl sites for hydroxylation is 1. The van der Waals surface area contributed by atoms with Crippen LogP contribution in [0.15, 0.2) is 47.4 Å². The fourth-order valence-electron chi connectivity index (χ4n) is 4.87. The van der Waals surface area contributed by atoms with E-state index in [9.17, 15) is 18.0 Å². The normalized spacial score (nSPS) is 19.4. The van der Waals surface area contributed by atoms with Crippen molar-refractivity contribution in [1.29, 1.82) is 0 Å². The molecule has 2 aromatic rings. The van der Waals surface area contributed by atoms with Crippen LogP contribution in [-0.4, -0.2) is 43.7 Å². The molecule has 0 aromatic heterocycles. The molecule has 33 heavy (non-hydrogen) atoms.